The molecule has 0 bridgehead atoms. The lowest BCUT2D eigenvalue weighted by Crippen LogP contribution is -2.23. The summed E-state index contributed by atoms with van der Waals surface area (Å²) in [5.41, 5.74) is 4.29. The molecule has 104 valence electrons. The quantitative estimate of drug-likeness (QED) is 0.804. The molecule has 0 fully saturated rings. The van der Waals surface area contributed by atoms with E-state index in [0.29, 0.717) is 11.6 Å². The van der Waals surface area contributed by atoms with Gasteiger partial charge in [0.05, 0.1) is 11.6 Å². The summed E-state index contributed by atoms with van der Waals surface area (Å²) in [6, 6.07) is 1.85. The number of fused-ring (bicyclic) bond motifs is 1. The van der Waals surface area contributed by atoms with Gasteiger partial charge in [0.25, 0.3) is 0 Å². The fourth-order valence-corrected chi connectivity index (χ4v) is 2.62. The minimum absolute atomic E-state index is 0.0866. The molecule has 0 atom stereocenters. The average Bonchev–Trinajstić information content (AvgIpc) is 2.84. The standard InChI is InChI=1S/C15H17ClN4/c1-15(2,3)13-6-10(4-5-17-13)11-8-20-14(7-12(11)16)18-9-19-20/h4,7-9H,5-6H2,1-3H3. The van der Waals surface area contributed by atoms with E-state index in [1.807, 2.05) is 12.3 Å². The Kier molecular flexibility index (Phi) is 3.13. The maximum atomic E-state index is 6.39. The molecule has 0 N–H and O–H groups in total. The summed E-state index contributed by atoms with van der Waals surface area (Å²) in [5, 5.41) is 4.89. The molecule has 0 aromatic carbocycles. The maximum Gasteiger partial charge on any atom is 0.156 e. The summed E-state index contributed by atoms with van der Waals surface area (Å²) >= 11 is 6.39. The van der Waals surface area contributed by atoms with Crippen LogP contribution in [0.15, 0.2) is 29.7 Å². The molecule has 4 nitrogen and oxygen atoms in total. The van der Waals surface area contributed by atoms with Gasteiger partial charge in [0.15, 0.2) is 5.65 Å². The molecule has 1 aliphatic heterocycles. The highest BCUT2D eigenvalue weighted by molar-refractivity contribution is 6.32. The molecule has 0 spiro atoms. The SMILES string of the molecule is CC(C)(C)C1=NCC=C(c2cn3ncnc3cc2Cl)C1. The second-order valence-corrected chi connectivity index (χ2v) is 6.45. The van der Waals surface area contributed by atoms with Gasteiger partial charge in [-0.05, 0) is 5.57 Å². The molecule has 0 amide bonds. The highest BCUT2D eigenvalue weighted by Crippen LogP contribution is 2.32. The smallest absolute Gasteiger partial charge is 0.156 e. The van der Waals surface area contributed by atoms with E-state index in [-0.39, 0.29) is 5.41 Å². The first-order valence-electron chi connectivity index (χ1n) is 6.67. The van der Waals surface area contributed by atoms with Crippen LogP contribution >= 0.6 is 11.6 Å². The molecule has 0 aliphatic carbocycles. The van der Waals surface area contributed by atoms with E-state index in [1.54, 1.807) is 4.52 Å². The Morgan fingerprint density at radius 1 is 1.30 bits per heavy atom. The third kappa shape index (κ3) is 2.36. The van der Waals surface area contributed by atoms with Crippen molar-refractivity contribution in [1.82, 2.24) is 14.6 Å². The highest BCUT2D eigenvalue weighted by atomic mass is 35.5. The van der Waals surface area contributed by atoms with E-state index in [9.17, 15) is 0 Å². The molecule has 20 heavy (non-hydrogen) atoms. The first-order valence-corrected chi connectivity index (χ1v) is 7.05. The number of hydrogen-bond donors (Lipinski definition) is 0. The van der Waals surface area contributed by atoms with E-state index >= 15 is 0 Å². The number of hydrogen-bond acceptors (Lipinski definition) is 3. The lowest BCUT2D eigenvalue weighted by atomic mass is 9.83. The molecule has 3 heterocycles. The summed E-state index contributed by atoms with van der Waals surface area (Å²) in [6.07, 6.45) is 6.46. The van der Waals surface area contributed by atoms with Gasteiger partial charge < -0.3 is 0 Å². The zero-order chi connectivity index (χ0) is 14.3. The molecular weight excluding hydrogens is 272 g/mol. The summed E-state index contributed by atoms with van der Waals surface area (Å²) in [7, 11) is 0. The van der Waals surface area contributed by atoms with E-state index < -0.39 is 0 Å². The number of pyridine rings is 1. The fourth-order valence-electron chi connectivity index (χ4n) is 2.36. The van der Waals surface area contributed by atoms with Crippen LogP contribution in [-0.2, 0) is 0 Å². The normalized spacial score (nSPS) is 16.2. The van der Waals surface area contributed by atoms with Crippen LogP contribution in [0.3, 0.4) is 0 Å². The van der Waals surface area contributed by atoms with Crippen molar-refractivity contribution in [3.63, 3.8) is 0 Å². The van der Waals surface area contributed by atoms with Crippen LogP contribution in [0.1, 0.15) is 32.8 Å². The molecule has 2 aromatic heterocycles. The molecule has 0 radical (unpaired) electrons. The second kappa shape index (κ2) is 4.70. The molecule has 0 unspecified atom stereocenters. The predicted molar refractivity (Wildman–Crippen MR) is 82.3 cm³/mol. The average molecular weight is 289 g/mol. The largest absolute Gasteiger partial charge is 0.289 e. The minimum Gasteiger partial charge on any atom is -0.289 e. The molecule has 0 saturated carbocycles. The molecule has 1 aliphatic rings. The Labute approximate surface area is 123 Å². The number of allylic oxidation sites excluding steroid dienone is 1. The molecular formula is C15H17ClN4. The summed E-state index contributed by atoms with van der Waals surface area (Å²) in [4.78, 5) is 8.77. The Hall–Kier alpha value is -1.68. The first-order chi connectivity index (χ1) is 9.45. The third-order valence-corrected chi connectivity index (χ3v) is 3.87. The van der Waals surface area contributed by atoms with Gasteiger partial charge in [-0.25, -0.2) is 9.50 Å². The highest BCUT2D eigenvalue weighted by Gasteiger charge is 2.23. The number of dihydropyridines is 1. The van der Waals surface area contributed by atoms with Gasteiger partial charge in [0.2, 0.25) is 0 Å². The van der Waals surface area contributed by atoms with Crippen LogP contribution in [0.4, 0.5) is 0 Å². The minimum atomic E-state index is 0.0866. The first kappa shape index (κ1) is 13.3. The van der Waals surface area contributed by atoms with Gasteiger partial charge in [-0.15, -0.1) is 0 Å². The Morgan fingerprint density at radius 3 is 2.85 bits per heavy atom. The van der Waals surface area contributed by atoms with Crippen molar-refractivity contribution in [1.29, 1.82) is 0 Å². The van der Waals surface area contributed by atoms with Crippen molar-refractivity contribution >= 4 is 28.5 Å². The number of halogens is 1. The molecule has 5 heteroatoms. The van der Waals surface area contributed by atoms with E-state index in [1.165, 1.54) is 17.6 Å². The predicted octanol–water partition coefficient (Wildman–Crippen LogP) is 3.66. The van der Waals surface area contributed by atoms with Crippen molar-refractivity contribution in [3.05, 3.63) is 35.3 Å². The van der Waals surface area contributed by atoms with Crippen molar-refractivity contribution < 1.29 is 0 Å². The van der Waals surface area contributed by atoms with Crippen LogP contribution in [0.5, 0.6) is 0 Å². The van der Waals surface area contributed by atoms with Crippen molar-refractivity contribution in [2.45, 2.75) is 27.2 Å². The van der Waals surface area contributed by atoms with Crippen LogP contribution in [0.25, 0.3) is 11.2 Å². The number of nitrogens with zero attached hydrogens (tertiary/aromatic N) is 4. The zero-order valence-corrected chi connectivity index (χ0v) is 12.6. The Balaban J connectivity index is 1.99. The van der Waals surface area contributed by atoms with Gasteiger partial charge in [-0.3, -0.25) is 4.99 Å². The third-order valence-electron chi connectivity index (χ3n) is 3.55. The summed E-state index contributed by atoms with van der Waals surface area (Å²) < 4.78 is 1.75. The van der Waals surface area contributed by atoms with Crippen molar-refractivity contribution in [3.8, 4) is 0 Å². The second-order valence-electron chi connectivity index (χ2n) is 6.04. The van der Waals surface area contributed by atoms with Gasteiger partial charge in [-0.1, -0.05) is 38.4 Å². The lowest BCUT2D eigenvalue weighted by molar-refractivity contribution is 0.580. The number of rotatable bonds is 1. The maximum absolute atomic E-state index is 6.39. The van der Waals surface area contributed by atoms with Crippen LogP contribution < -0.4 is 0 Å². The van der Waals surface area contributed by atoms with E-state index in [4.69, 9.17) is 11.6 Å². The topological polar surface area (TPSA) is 42.5 Å². The summed E-state index contributed by atoms with van der Waals surface area (Å²) in [5.74, 6) is 0. The van der Waals surface area contributed by atoms with Gasteiger partial charge in [-0.2, -0.15) is 5.10 Å². The van der Waals surface area contributed by atoms with Gasteiger partial charge in [0.1, 0.15) is 6.33 Å². The zero-order valence-electron chi connectivity index (χ0n) is 11.9. The Bertz CT molecular complexity index is 719. The van der Waals surface area contributed by atoms with Crippen LogP contribution in [-0.4, -0.2) is 26.9 Å². The molecule has 0 saturated heterocycles. The van der Waals surface area contributed by atoms with Crippen LogP contribution in [0.2, 0.25) is 5.02 Å². The Morgan fingerprint density at radius 2 is 2.10 bits per heavy atom. The monoisotopic (exact) mass is 288 g/mol. The fraction of sp³-hybridized carbons (Fsp3) is 0.400. The lowest BCUT2D eigenvalue weighted by Gasteiger charge is -2.25. The molecule has 3 rings (SSSR count). The van der Waals surface area contributed by atoms with Crippen LogP contribution in [0, 0.1) is 5.41 Å². The number of aliphatic imine (C=N–C) groups is 1. The van der Waals surface area contributed by atoms with E-state index in [0.717, 1.165) is 17.6 Å². The molecule has 2 aromatic rings. The number of aromatic nitrogens is 3. The summed E-state index contributed by atoms with van der Waals surface area (Å²) in [6.45, 7) is 7.29. The van der Waals surface area contributed by atoms with Crippen molar-refractivity contribution in [2.75, 3.05) is 6.54 Å². The van der Waals surface area contributed by atoms with Gasteiger partial charge >= 0.3 is 0 Å². The van der Waals surface area contributed by atoms with Gasteiger partial charge in [0, 0.05) is 35.4 Å². The van der Waals surface area contributed by atoms with E-state index in [2.05, 4.69) is 41.9 Å². The van der Waals surface area contributed by atoms with Crippen molar-refractivity contribution in [2.24, 2.45) is 10.4 Å².